The minimum atomic E-state index is -0.992. The molecule has 0 aliphatic carbocycles. The summed E-state index contributed by atoms with van der Waals surface area (Å²) in [6.07, 6.45) is 0.993. The van der Waals surface area contributed by atoms with E-state index in [1.54, 1.807) is 13.1 Å². The SMILES string of the molecule is COC(=O)[C@@H](NC(=O)OCc1ccccc1)[C@H](C)n1cc(-c2ccccc2)nn1. The second-order valence-electron chi connectivity index (χ2n) is 6.40. The first kappa shape index (κ1) is 20.1. The number of hydrogen-bond donors (Lipinski definition) is 1. The number of nitrogens with zero attached hydrogens (tertiary/aromatic N) is 3. The van der Waals surface area contributed by atoms with Crippen LogP contribution >= 0.6 is 0 Å². The Balaban J connectivity index is 1.68. The van der Waals surface area contributed by atoms with E-state index in [0.29, 0.717) is 5.69 Å². The maximum absolute atomic E-state index is 12.3. The number of nitrogens with one attached hydrogen (secondary N) is 1. The highest BCUT2D eigenvalue weighted by Crippen LogP contribution is 2.19. The van der Waals surface area contributed by atoms with E-state index in [-0.39, 0.29) is 6.61 Å². The van der Waals surface area contributed by atoms with Crippen molar-refractivity contribution in [2.24, 2.45) is 0 Å². The first-order valence-corrected chi connectivity index (χ1v) is 9.11. The number of carbonyl (C=O) groups excluding carboxylic acids is 2. The van der Waals surface area contributed by atoms with E-state index in [1.807, 2.05) is 60.7 Å². The summed E-state index contributed by atoms with van der Waals surface area (Å²) in [5.74, 6) is -0.606. The lowest BCUT2D eigenvalue weighted by Gasteiger charge is -2.22. The van der Waals surface area contributed by atoms with Gasteiger partial charge in [0.25, 0.3) is 0 Å². The third-order valence-corrected chi connectivity index (χ3v) is 4.42. The molecule has 1 aromatic heterocycles. The highest BCUT2D eigenvalue weighted by atomic mass is 16.6. The highest BCUT2D eigenvalue weighted by Gasteiger charge is 2.30. The maximum atomic E-state index is 12.3. The first-order chi connectivity index (χ1) is 14.1. The molecule has 0 fully saturated rings. The molecular formula is C21H22N4O4. The van der Waals surface area contributed by atoms with E-state index in [9.17, 15) is 9.59 Å². The van der Waals surface area contributed by atoms with E-state index in [4.69, 9.17) is 9.47 Å². The van der Waals surface area contributed by atoms with E-state index in [0.717, 1.165) is 11.1 Å². The predicted molar refractivity (Wildman–Crippen MR) is 106 cm³/mol. The lowest BCUT2D eigenvalue weighted by atomic mass is 10.1. The minimum Gasteiger partial charge on any atom is -0.467 e. The van der Waals surface area contributed by atoms with Crippen LogP contribution in [-0.2, 0) is 20.9 Å². The highest BCUT2D eigenvalue weighted by molar-refractivity contribution is 5.81. The van der Waals surface area contributed by atoms with Crippen LogP contribution in [0.4, 0.5) is 4.79 Å². The van der Waals surface area contributed by atoms with Crippen LogP contribution in [0.1, 0.15) is 18.5 Å². The Morgan fingerprint density at radius 1 is 1.07 bits per heavy atom. The topological polar surface area (TPSA) is 95.3 Å². The largest absolute Gasteiger partial charge is 0.467 e. The van der Waals surface area contributed by atoms with Gasteiger partial charge < -0.3 is 14.8 Å². The number of carbonyl (C=O) groups is 2. The van der Waals surface area contributed by atoms with Crippen molar-refractivity contribution in [2.75, 3.05) is 7.11 Å². The van der Waals surface area contributed by atoms with Gasteiger partial charge in [-0.1, -0.05) is 65.9 Å². The molecule has 1 amide bonds. The van der Waals surface area contributed by atoms with Crippen LogP contribution in [0.25, 0.3) is 11.3 Å². The summed E-state index contributed by atoms with van der Waals surface area (Å²) in [6, 6.07) is 17.3. The number of benzene rings is 2. The van der Waals surface area contributed by atoms with Crippen molar-refractivity contribution < 1.29 is 19.1 Å². The Hall–Kier alpha value is -3.68. The molecule has 1 N–H and O–H groups in total. The summed E-state index contributed by atoms with van der Waals surface area (Å²) in [7, 11) is 1.26. The monoisotopic (exact) mass is 394 g/mol. The van der Waals surface area contributed by atoms with Gasteiger partial charge in [-0.3, -0.25) is 0 Å². The molecule has 2 atom stereocenters. The van der Waals surface area contributed by atoms with Gasteiger partial charge in [0.2, 0.25) is 0 Å². The number of rotatable bonds is 7. The molecular weight excluding hydrogens is 372 g/mol. The standard InChI is InChI=1S/C21H22N4O4/c1-15(25-13-18(23-24-25)17-11-7-4-8-12-17)19(20(26)28-2)22-21(27)29-14-16-9-5-3-6-10-16/h3-13,15,19H,14H2,1-2H3,(H,22,27)/t15-,19-/m0/s1. The number of ether oxygens (including phenoxy) is 2. The molecule has 8 heteroatoms. The molecule has 0 bridgehead atoms. The summed E-state index contributed by atoms with van der Waals surface area (Å²) in [4.78, 5) is 24.5. The molecule has 0 aliphatic heterocycles. The van der Waals surface area contributed by atoms with Crippen LogP contribution in [0.15, 0.2) is 66.9 Å². The Labute approximate surface area is 168 Å². The Morgan fingerprint density at radius 3 is 2.38 bits per heavy atom. The molecule has 2 aromatic carbocycles. The molecule has 0 spiro atoms. The molecule has 0 radical (unpaired) electrons. The van der Waals surface area contributed by atoms with E-state index >= 15 is 0 Å². The van der Waals surface area contributed by atoms with Crippen LogP contribution < -0.4 is 5.32 Å². The van der Waals surface area contributed by atoms with Gasteiger partial charge >= 0.3 is 12.1 Å². The van der Waals surface area contributed by atoms with Crippen molar-refractivity contribution in [1.82, 2.24) is 20.3 Å². The van der Waals surface area contributed by atoms with Crippen LogP contribution in [0.2, 0.25) is 0 Å². The minimum absolute atomic E-state index is 0.0937. The Kier molecular flexibility index (Phi) is 6.57. The summed E-state index contributed by atoms with van der Waals surface area (Å²) in [5, 5.41) is 10.8. The second-order valence-corrected chi connectivity index (χ2v) is 6.40. The normalized spacial score (nSPS) is 12.6. The zero-order chi connectivity index (χ0) is 20.6. The third kappa shape index (κ3) is 5.19. The lowest BCUT2D eigenvalue weighted by molar-refractivity contribution is -0.144. The maximum Gasteiger partial charge on any atom is 0.408 e. The molecule has 0 saturated heterocycles. The summed E-state index contributed by atoms with van der Waals surface area (Å²) in [5.41, 5.74) is 2.40. The van der Waals surface area contributed by atoms with Crippen molar-refractivity contribution in [1.29, 1.82) is 0 Å². The number of methoxy groups -OCH3 is 1. The Bertz CT molecular complexity index is 944. The third-order valence-electron chi connectivity index (χ3n) is 4.42. The molecule has 3 rings (SSSR count). The summed E-state index contributed by atoms with van der Waals surface area (Å²) >= 11 is 0. The van der Waals surface area contributed by atoms with E-state index in [1.165, 1.54) is 11.8 Å². The molecule has 0 aliphatic rings. The first-order valence-electron chi connectivity index (χ1n) is 9.11. The quantitative estimate of drug-likeness (QED) is 0.619. The van der Waals surface area contributed by atoms with Gasteiger partial charge in [-0.15, -0.1) is 5.10 Å². The summed E-state index contributed by atoms with van der Waals surface area (Å²) in [6.45, 7) is 1.83. The molecule has 150 valence electrons. The molecule has 0 unspecified atom stereocenters. The molecule has 1 heterocycles. The predicted octanol–water partition coefficient (Wildman–Crippen LogP) is 2.97. The van der Waals surface area contributed by atoms with Crippen molar-refractivity contribution in [2.45, 2.75) is 25.6 Å². The number of alkyl carbamates (subject to hydrolysis) is 1. The van der Waals surface area contributed by atoms with Crippen molar-refractivity contribution in [3.8, 4) is 11.3 Å². The number of aromatic nitrogens is 3. The van der Waals surface area contributed by atoms with Gasteiger partial charge in [-0.25, -0.2) is 14.3 Å². The smallest absolute Gasteiger partial charge is 0.408 e. The molecule has 3 aromatic rings. The van der Waals surface area contributed by atoms with Crippen LogP contribution in [-0.4, -0.2) is 40.2 Å². The number of hydrogen-bond acceptors (Lipinski definition) is 6. The van der Waals surface area contributed by atoms with Crippen molar-refractivity contribution >= 4 is 12.1 Å². The van der Waals surface area contributed by atoms with Gasteiger partial charge in [-0.05, 0) is 12.5 Å². The second kappa shape index (κ2) is 9.50. The molecule has 0 saturated carbocycles. The average Bonchev–Trinajstić information content (AvgIpc) is 3.27. The van der Waals surface area contributed by atoms with Gasteiger partial charge in [0.05, 0.1) is 19.3 Å². The lowest BCUT2D eigenvalue weighted by Crippen LogP contribution is -2.46. The van der Waals surface area contributed by atoms with Crippen LogP contribution in [0.5, 0.6) is 0 Å². The van der Waals surface area contributed by atoms with Gasteiger partial charge in [0, 0.05) is 5.56 Å². The fourth-order valence-corrected chi connectivity index (χ4v) is 2.76. The van der Waals surface area contributed by atoms with Gasteiger partial charge in [0.15, 0.2) is 6.04 Å². The van der Waals surface area contributed by atoms with E-state index < -0.39 is 24.1 Å². The van der Waals surface area contributed by atoms with Crippen LogP contribution in [0, 0.1) is 0 Å². The fourth-order valence-electron chi connectivity index (χ4n) is 2.76. The number of amides is 1. The number of esters is 1. The average molecular weight is 394 g/mol. The van der Waals surface area contributed by atoms with Crippen molar-refractivity contribution in [3.63, 3.8) is 0 Å². The van der Waals surface area contributed by atoms with Gasteiger partial charge in [-0.2, -0.15) is 0 Å². The zero-order valence-electron chi connectivity index (χ0n) is 16.2. The van der Waals surface area contributed by atoms with Crippen molar-refractivity contribution in [3.05, 3.63) is 72.4 Å². The van der Waals surface area contributed by atoms with Crippen LogP contribution in [0.3, 0.4) is 0 Å². The Morgan fingerprint density at radius 2 is 1.72 bits per heavy atom. The molecule has 8 nitrogen and oxygen atoms in total. The molecule has 29 heavy (non-hydrogen) atoms. The summed E-state index contributed by atoms with van der Waals surface area (Å²) < 4.78 is 11.6. The fraction of sp³-hybridized carbons (Fsp3) is 0.238. The van der Waals surface area contributed by atoms with E-state index in [2.05, 4.69) is 15.6 Å². The zero-order valence-corrected chi connectivity index (χ0v) is 16.2. The van der Waals surface area contributed by atoms with Gasteiger partial charge in [0.1, 0.15) is 12.3 Å².